The lowest BCUT2D eigenvalue weighted by atomic mass is 9.80. The zero-order valence-electron chi connectivity index (χ0n) is 38.5. The summed E-state index contributed by atoms with van der Waals surface area (Å²) in [6.45, 7) is 9.45. The van der Waals surface area contributed by atoms with Crippen LogP contribution in [0.2, 0.25) is 0 Å². The molecule has 0 fully saturated rings. The minimum Gasteiger partial charge on any atom is -0.264 e. The van der Waals surface area contributed by atoms with Gasteiger partial charge in [-0.1, -0.05) is 173 Å². The van der Waals surface area contributed by atoms with Crippen molar-refractivity contribution in [1.29, 1.82) is 0 Å². The molecule has 0 bridgehead atoms. The van der Waals surface area contributed by atoms with E-state index in [4.69, 9.17) is 9.97 Å². The molecule has 0 saturated heterocycles. The van der Waals surface area contributed by atoms with Crippen LogP contribution in [-0.4, -0.2) is 9.97 Å². The first-order valence-corrected chi connectivity index (χ1v) is 23.9. The summed E-state index contributed by atoms with van der Waals surface area (Å²) in [5, 5.41) is 12.1. The molecule has 0 spiro atoms. The molecule has 2 aliphatic rings. The molecular formula is C66H46N2. The molecule has 0 radical (unpaired) electrons. The van der Waals surface area contributed by atoms with Crippen molar-refractivity contribution in [1.82, 2.24) is 9.97 Å². The first-order chi connectivity index (χ1) is 33.3. The average molecular weight is 867 g/mol. The van der Waals surface area contributed by atoms with Gasteiger partial charge in [0, 0.05) is 46.4 Å². The van der Waals surface area contributed by atoms with E-state index in [-0.39, 0.29) is 10.8 Å². The maximum absolute atomic E-state index is 4.76. The van der Waals surface area contributed by atoms with Gasteiger partial charge in [-0.15, -0.1) is 0 Å². The number of benzene rings is 10. The zero-order valence-corrected chi connectivity index (χ0v) is 38.5. The van der Waals surface area contributed by atoms with Gasteiger partial charge in [0.25, 0.3) is 0 Å². The molecule has 0 amide bonds. The van der Waals surface area contributed by atoms with Crippen LogP contribution < -0.4 is 0 Å². The van der Waals surface area contributed by atoms with Crippen LogP contribution in [0.1, 0.15) is 49.9 Å². The molecule has 0 unspecified atom stereocenters. The van der Waals surface area contributed by atoms with Crippen molar-refractivity contribution < 1.29 is 0 Å². The van der Waals surface area contributed by atoms with E-state index in [0.29, 0.717) is 0 Å². The summed E-state index contributed by atoms with van der Waals surface area (Å²) in [7, 11) is 0. The van der Waals surface area contributed by atoms with Crippen molar-refractivity contribution in [3.8, 4) is 66.8 Å². The van der Waals surface area contributed by atoms with E-state index in [2.05, 4.69) is 222 Å². The largest absolute Gasteiger partial charge is 0.264 e. The molecular weight excluding hydrogens is 821 g/mol. The number of pyridine rings is 2. The molecule has 2 heterocycles. The van der Waals surface area contributed by atoms with Crippen LogP contribution >= 0.6 is 0 Å². The molecule has 2 heteroatoms. The summed E-state index contributed by atoms with van der Waals surface area (Å²) in [5.74, 6) is 0. The number of aromatic nitrogens is 2. The van der Waals surface area contributed by atoms with Crippen molar-refractivity contribution in [3.05, 3.63) is 229 Å². The normalized spacial score (nSPS) is 14.1. The second kappa shape index (κ2) is 14.2. The fourth-order valence-corrected chi connectivity index (χ4v) is 12.6. The van der Waals surface area contributed by atoms with E-state index in [1.54, 1.807) is 0 Å². The molecule has 68 heavy (non-hydrogen) atoms. The molecule has 0 aliphatic heterocycles. The van der Waals surface area contributed by atoms with Gasteiger partial charge in [0.05, 0.1) is 0 Å². The van der Waals surface area contributed by atoms with E-state index < -0.39 is 0 Å². The fourth-order valence-electron chi connectivity index (χ4n) is 12.6. The lowest BCUT2D eigenvalue weighted by molar-refractivity contribution is 0.660. The molecule has 2 nitrogen and oxygen atoms in total. The van der Waals surface area contributed by atoms with Crippen LogP contribution in [-0.2, 0) is 10.8 Å². The van der Waals surface area contributed by atoms with E-state index in [0.717, 1.165) is 10.8 Å². The number of hydrogen-bond donors (Lipinski definition) is 0. The molecule has 0 atom stereocenters. The lowest BCUT2D eigenvalue weighted by Crippen LogP contribution is -2.14. The third-order valence-electron chi connectivity index (χ3n) is 15.8. The SMILES string of the molecule is CC1(C)c2ccccc2-c2ccc(-c3c4ccccc4c(-c4ccc5cc(-c6c7ccccc7c(-c7ccc8c(c7)C(C)(C)c7ccccc7-8)c7ccncc67)ccc5c4)c4cnccc34)cc21. The predicted octanol–water partition coefficient (Wildman–Crippen LogP) is 17.5. The highest BCUT2D eigenvalue weighted by atomic mass is 14.6. The van der Waals surface area contributed by atoms with Crippen molar-refractivity contribution >= 4 is 53.9 Å². The summed E-state index contributed by atoms with van der Waals surface area (Å²) in [5.41, 5.74) is 20.5. The Morgan fingerprint density at radius 3 is 1.03 bits per heavy atom. The van der Waals surface area contributed by atoms with Crippen molar-refractivity contribution in [3.63, 3.8) is 0 Å². The fraction of sp³-hybridized carbons (Fsp3) is 0.0909. The van der Waals surface area contributed by atoms with Crippen LogP contribution in [0.5, 0.6) is 0 Å². The maximum Gasteiger partial charge on any atom is 0.0353 e. The zero-order chi connectivity index (χ0) is 45.5. The van der Waals surface area contributed by atoms with E-state index in [1.807, 2.05) is 12.4 Å². The highest BCUT2D eigenvalue weighted by Crippen LogP contribution is 2.53. The topological polar surface area (TPSA) is 25.8 Å². The van der Waals surface area contributed by atoms with Crippen LogP contribution in [0.4, 0.5) is 0 Å². The van der Waals surface area contributed by atoms with Gasteiger partial charge in [0.15, 0.2) is 0 Å². The second-order valence-corrected chi connectivity index (χ2v) is 20.1. The third-order valence-corrected chi connectivity index (χ3v) is 15.8. The minimum atomic E-state index is -0.0886. The van der Waals surface area contributed by atoms with Crippen LogP contribution in [0, 0.1) is 0 Å². The highest BCUT2D eigenvalue weighted by Gasteiger charge is 2.37. The summed E-state index contributed by atoms with van der Waals surface area (Å²) in [6.07, 6.45) is 8.02. The Morgan fingerprint density at radius 2 is 0.603 bits per heavy atom. The second-order valence-electron chi connectivity index (χ2n) is 20.1. The monoisotopic (exact) mass is 866 g/mol. The number of nitrogens with zero attached hydrogens (tertiary/aromatic N) is 2. The van der Waals surface area contributed by atoms with Gasteiger partial charge < -0.3 is 0 Å². The summed E-state index contributed by atoms with van der Waals surface area (Å²) in [6, 6.07) is 68.3. The van der Waals surface area contributed by atoms with Crippen molar-refractivity contribution in [2.45, 2.75) is 38.5 Å². The molecule has 2 aromatic heterocycles. The van der Waals surface area contributed by atoms with Gasteiger partial charge in [0.2, 0.25) is 0 Å². The van der Waals surface area contributed by atoms with Gasteiger partial charge in [-0.25, -0.2) is 0 Å². The molecule has 12 aromatic rings. The van der Waals surface area contributed by atoms with Gasteiger partial charge in [-0.3, -0.25) is 9.97 Å². The first kappa shape index (κ1) is 39.0. The van der Waals surface area contributed by atoms with Gasteiger partial charge in [-0.2, -0.15) is 0 Å². The Morgan fingerprint density at radius 1 is 0.279 bits per heavy atom. The Labute approximate surface area is 396 Å². The molecule has 10 aromatic carbocycles. The minimum absolute atomic E-state index is 0.0886. The molecule has 320 valence electrons. The predicted molar refractivity (Wildman–Crippen MR) is 286 cm³/mol. The summed E-state index contributed by atoms with van der Waals surface area (Å²) >= 11 is 0. The van der Waals surface area contributed by atoms with Crippen LogP contribution in [0.3, 0.4) is 0 Å². The Hall–Kier alpha value is -8.20. The number of fused-ring (bicyclic) bond motifs is 11. The van der Waals surface area contributed by atoms with E-state index >= 15 is 0 Å². The van der Waals surface area contributed by atoms with Crippen molar-refractivity contribution in [2.24, 2.45) is 0 Å². The number of hydrogen-bond acceptors (Lipinski definition) is 2. The number of rotatable bonds is 4. The third kappa shape index (κ3) is 5.40. The Kier molecular flexibility index (Phi) is 8.12. The van der Waals surface area contributed by atoms with Crippen molar-refractivity contribution in [2.75, 3.05) is 0 Å². The van der Waals surface area contributed by atoms with Crippen LogP contribution in [0.25, 0.3) is 121 Å². The standard InChI is InChI=1S/C66H46N2/c1-65(2)57-19-11-9-13-45(57)47-27-25-43(35-59(47)65)61-49-15-5-7-17-51(49)63(55-37-67-31-29-53(55)61)41-23-21-40-34-42(24-22-39(40)33-41)64-52-18-8-6-16-50(52)62(54-30-32-68-38-56(54)64)44-26-28-48-46-14-10-12-20-58(46)66(3,4)60(48)36-44/h5-38H,1-4H3. The Balaban J connectivity index is 0.908. The van der Waals surface area contributed by atoms with Gasteiger partial charge in [-0.05, 0) is 169 Å². The molecule has 0 saturated carbocycles. The first-order valence-electron chi connectivity index (χ1n) is 23.9. The Bertz CT molecular complexity index is 3770. The summed E-state index contributed by atoms with van der Waals surface area (Å²) < 4.78 is 0. The van der Waals surface area contributed by atoms with E-state index in [9.17, 15) is 0 Å². The average Bonchev–Trinajstić information content (AvgIpc) is 3.75. The molecule has 0 N–H and O–H groups in total. The lowest BCUT2D eigenvalue weighted by Gasteiger charge is -2.23. The van der Waals surface area contributed by atoms with Gasteiger partial charge >= 0.3 is 0 Å². The quantitative estimate of drug-likeness (QED) is 0.165. The molecule has 14 rings (SSSR count). The smallest absolute Gasteiger partial charge is 0.0353 e. The highest BCUT2D eigenvalue weighted by molar-refractivity contribution is 6.23. The van der Waals surface area contributed by atoms with E-state index in [1.165, 1.54) is 132 Å². The van der Waals surface area contributed by atoms with Gasteiger partial charge in [0.1, 0.15) is 0 Å². The molecule has 2 aliphatic carbocycles. The maximum atomic E-state index is 4.76. The van der Waals surface area contributed by atoms with Crippen LogP contribution in [0.15, 0.2) is 207 Å². The summed E-state index contributed by atoms with van der Waals surface area (Å²) in [4.78, 5) is 9.51.